The van der Waals surface area contributed by atoms with Crippen LogP contribution in [0.5, 0.6) is 5.75 Å². The maximum atomic E-state index is 12.7. The average Bonchev–Trinajstić information content (AvgIpc) is 2.28. The molecule has 0 N–H and O–H groups in total. The van der Waals surface area contributed by atoms with Gasteiger partial charge in [0.25, 0.3) is 7.37 Å². The molecule has 1 aliphatic carbocycles. The lowest BCUT2D eigenvalue weighted by Gasteiger charge is -2.43. The Hall–Kier alpha value is -1.27. The minimum Gasteiger partial charge on any atom is -0.442 e. The van der Waals surface area contributed by atoms with Gasteiger partial charge in [-0.1, -0.05) is 49.4 Å². The molecule has 1 heterocycles. The predicted octanol–water partition coefficient (Wildman–Crippen LogP) is 3.74. The minimum atomic E-state index is -2.65. The second kappa shape index (κ2) is 3.36. The summed E-state index contributed by atoms with van der Waals surface area (Å²) in [4.78, 5) is 0. The Morgan fingerprint density at radius 1 is 1.29 bits per heavy atom. The highest BCUT2D eigenvalue weighted by atomic mass is 31.2. The van der Waals surface area contributed by atoms with Crippen LogP contribution in [0, 0.1) is 0 Å². The molecule has 3 rings (SSSR count). The van der Waals surface area contributed by atoms with E-state index in [2.05, 4.69) is 19.1 Å². The highest BCUT2D eigenvalue weighted by Gasteiger charge is 2.49. The Labute approximate surface area is 101 Å². The smallest absolute Gasteiger partial charge is 0.252 e. The van der Waals surface area contributed by atoms with Crippen LogP contribution in [-0.4, -0.2) is 12.3 Å². The van der Waals surface area contributed by atoms with E-state index in [1.807, 2.05) is 36.4 Å². The minimum absolute atomic E-state index is 0.0603. The Morgan fingerprint density at radius 2 is 2.06 bits per heavy atom. The van der Waals surface area contributed by atoms with E-state index < -0.39 is 7.37 Å². The van der Waals surface area contributed by atoms with Gasteiger partial charge in [0, 0.05) is 17.6 Å². The van der Waals surface area contributed by atoms with Gasteiger partial charge in [-0.2, -0.15) is 0 Å². The summed E-state index contributed by atoms with van der Waals surface area (Å²) in [5.74, 6) is 0.761. The molecule has 17 heavy (non-hydrogen) atoms. The number of para-hydroxylation sites is 1. The van der Waals surface area contributed by atoms with Crippen LogP contribution in [0.4, 0.5) is 0 Å². The normalized spacial score (nSPS) is 38.1. The quantitative estimate of drug-likeness (QED) is 0.652. The van der Waals surface area contributed by atoms with E-state index in [9.17, 15) is 4.57 Å². The molecule has 3 unspecified atom stereocenters. The van der Waals surface area contributed by atoms with E-state index in [0.717, 1.165) is 11.3 Å². The van der Waals surface area contributed by atoms with E-state index in [4.69, 9.17) is 4.52 Å². The fourth-order valence-electron chi connectivity index (χ4n) is 2.86. The maximum Gasteiger partial charge on any atom is 0.252 e. The lowest BCUT2D eigenvalue weighted by molar-refractivity contribution is 0.421. The third-order valence-electron chi connectivity index (χ3n) is 3.71. The number of hydrogen-bond donors (Lipinski definition) is 0. The fourth-order valence-corrected chi connectivity index (χ4v) is 5.13. The molecular weight excluding hydrogens is 231 g/mol. The molecule has 0 radical (unpaired) electrons. The zero-order valence-corrected chi connectivity index (χ0v) is 10.9. The maximum absolute atomic E-state index is 12.7. The average molecular weight is 246 g/mol. The summed E-state index contributed by atoms with van der Waals surface area (Å²) in [5.41, 5.74) is 0.849. The van der Waals surface area contributed by atoms with Gasteiger partial charge in [0.05, 0.1) is 5.66 Å². The molecule has 0 bridgehead atoms. The zero-order valence-electron chi connectivity index (χ0n) is 9.96. The molecule has 2 aliphatic rings. The van der Waals surface area contributed by atoms with Gasteiger partial charge in [0.15, 0.2) is 0 Å². The summed E-state index contributed by atoms with van der Waals surface area (Å²) in [7, 11) is -2.65. The summed E-state index contributed by atoms with van der Waals surface area (Å²) >= 11 is 0. The molecule has 0 spiro atoms. The van der Waals surface area contributed by atoms with Gasteiger partial charge < -0.3 is 4.52 Å². The molecule has 88 valence electrons. The number of rotatable bonds is 0. The topological polar surface area (TPSA) is 26.3 Å². The van der Waals surface area contributed by atoms with E-state index >= 15 is 0 Å². The first-order valence-electron chi connectivity index (χ1n) is 5.76. The molecular formula is C14H15O2P. The highest BCUT2D eigenvalue weighted by Crippen LogP contribution is 2.62. The van der Waals surface area contributed by atoms with Crippen LogP contribution >= 0.6 is 7.37 Å². The zero-order chi connectivity index (χ0) is 12.1. The molecule has 0 aromatic heterocycles. The van der Waals surface area contributed by atoms with Crippen LogP contribution in [0.15, 0.2) is 48.6 Å². The predicted molar refractivity (Wildman–Crippen MR) is 70.0 cm³/mol. The van der Waals surface area contributed by atoms with Crippen LogP contribution in [-0.2, 0) is 9.98 Å². The summed E-state index contributed by atoms with van der Waals surface area (Å²) in [6, 6.07) is 7.89. The van der Waals surface area contributed by atoms with Crippen molar-refractivity contribution >= 4 is 7.37 Å². The molecule has 2 nitrogen and oxygen atoms in total. The van der Waals surface area contributed by atoms with Gasteiger partial charge in [-0.3, -0.25) is 4.57 Å². The van der Waals surface area contributed by atoms with Crippen LogP contribution in [0.3, 0.4) is 0 Å². The molecule has 1 aromatic rings. The van der Waals surface area contributed by atoms with Crippen molar-refractivity contribution in [3.8, 4) is 5.75 Å². The van der Waals surface area contributed by atoms with Gasteiger partial charge in [0.1, 0.15) is 5.75 Å². The molecule has 0 fully saturated rings. The Bertz CT molecular complexity index is 573. The van der Waals surface area contributed by atoms with Gasteiger partial charge in [-0.25, -0.2) is 0 Å². The first kappa shape index (κ1) is 10.9. The highest BCUT2D eigenvalue weighted by molar-refractivity contribution is 7.59. The summed E-state index contributed by atoms with van der Waals surface area (Å²) < 4.78 is 18.4. The first-order valence-corrected chi connectivity index (χ1v) is 7.90. The van der Waals surface area contributed by atoms with Crippen molar-refractivity contribution in [2.24, 2.45) is 0 Å². The molecule has 1 aromatic carbocycles. The standard InChI is InChI=1S/C14H15O2P/c1-14-10-6-5-9-13(14)17(2,15)16-12-8-4-3-7-11(12)14/h3-10,13H,1-2H3. The van der Waals surface area contributed by atoms with Crippen LogP contribution in [0.2, 0.25) is 0 Å². The van der Waals surface area contributed by atoms with Crippen molar-refractivity contribution in [3.63, 3.8) is 0 Å². The third kappa shape index (κ3) is 1.44. The number of allylic oxidation sites excluding steroid dienone is 4. The fraction of sp³-hybridized carbons (Fsp3) is 0.286. The lowest BCUT2D eigenvalue weighted by atomic mass is 9.76. The summed E-state index contributed by atoms with van der Waals surface area (Å²) in [5, 5.41) is 0. The third-order valence-corrected chi connectivity index (χ3v) is 5.99. The van der Waals surface area contributed by atoms with Crippen molar-refractivity contribution in [2.75, 3.05) is 6.66 Å². The molecule has 3 atom stereocenters. The van der Waals surface area contributed by atoms with Crippen molar-refractivity contribution < 1.29 is 9.09 Å². The van der Waals surface area contributed by atoms with Crippen LogP contribution < -0.4 is 4.52 Å². The Kier molecular flexibility index (Phi) is 2.15. The molecule has 0 amide bonds. The Morgan fingerprint density at radius 3 is 2.88 bits per heavy atom. The molecule has 0 saturated heterocycles. The Balaban J connectivity index is 2.29. The second-order valence-electron chi connectivity index (χ2n) is 4.97. The SMILES string of the molecule is CC12C=CC=CC1P(C)(=O)Oc1ccccc12. The van der Waals surface area contributed by atoms with Crippen LogP contribution in [0.25, 0.3) is 0 Å². The van der Waals surface area contributed by atoms with Crippen molar-refractivity contribution in [2.45, 2.75) is 18.0 Å². The monoisotopic (exact) mass is 246 g/mol. The number of fused-ring (bicyclic) bond motifs is 3. The van der Waals surface area contributed by atoms with E-state index in [1.54, 1.807) is 6.66 Å². The van der Waals surface area contributed by atoms with Gasteiger partial charge in [-0.05, 0) is 6.07 Å². The van der Waals surface area contributed by atoms with E-state index in [-0.39, 0.29) is 11.1 Å². The molecule has 3 heteroatoms. The largest absolute Gasteiger partial charge is 0.442 e. The lowest BCUT2D eigenvalue weighted by Crippen LogP contribution is -2.39. The van der Waals surface area contributed by atoms with Gasteiger partial charge in [0.2, 0.25) is 0 Å². The second-order valence-corrected chi connectivity index (χ2v) is 7.52. The van der Waals surface area contributed by atoms with Gasteiger partial charge >= 0.3 is 0 Å². The van der Waals surface area contributed by atoms with Crippen molar-refractivity contribution in [1.29, 1.82) is 0 Å². The molecule has 1 aliphatic heterocycles. The molecule has 0 saturated carbocycles. The van der Waals surface area contributed by atoms with E-state index in [1.165, 1.54) is 0 Å². The van der Waals surface area contributed by atoms with Crippen molar-refractivity contribution in [3.05, 3.63) is 54.1 Å². The van der Waals surface area contributed by atoms with E-state index in [0.29, 0.717) is 0 Å². The van der Waals surface area contributed by atoms with Crippen LogP contribution in [0.1, 0.15) is 12.5 Å². The number of hydrogen-bond acceptors (Lipinski definition) is 2. The summed E-state index contributed by atoms with van der Waals surface area (Å²) in [6.45, 7) is 3.87. The van der Waals surface area contributed by atoms with Crippen molar-refractivity contribution in [1.82, 2.24) is 0 Å². The first-order chi connectivity index (χ1) is 8.04. The number of benzene rings is 1. The van der Waals surface area contributed by atoms with Gasteiger partial charge in [-0.15, -0.1) is 0 Å². The summed E-state index contributed by atoms with van der Waals surface area (Å²) in [6.07, 6.45) is 8.13.